The quantitative estimate of drug-likeness (QED) is 0.247. The number of aliphatic hydroxyl groups excluding tert-OH is 1. The van der Waals surface area contributed by atoms with Crippen molar-refractivity contribution >= 4 is 55.6 Å². The van der Waals surface area contributed by atoms with E-state index in [9.17, 15) is 19.5 Å². The van der Waals surface area contributed by atoms with Crippen LogP contribution in [0, 0.1) is 6.92 Å². The fraction of sp³-hybridized carbons (Fsp3) is 0.136. The average Bonchev–Trinajstić information content (AvgIpc) is 3.26. The summed E-state index contributed by atoms with van der Waals surface area (Å²) < 4.78 is 0.825. The van der Waals surface area contributed by atoms with Gasteiger partial charge in [0.2, 0.25) is 0 Å². The van der Waals surface area contributed by atoms with Crippen molar-refractivity contribution in [3.63, 3.8) is 0 Å². The molecule has 1 saturated heterocycles. The van der Waals surface area contributed by atoms with Crippen LogP contribution in [0.5, 0.6) is 0 Å². The Morgan fingerprint density at radius 1 is 1.13 bits per heavy atom. The Morgan fingerprint density at radius 2 is 1.77 bits per heavy atom. The van der Waals surface area contributed by atoms with E-state index < -0.39 is 17.7 Å². The first-order chi connectivity index (χ1) is 14.8. The molecule has 4 rings (SSSR count). The predicted octanol–water partition coefficient (Wildman–Crippen LogP) is 4.44. The highest BCUT2D eigenvalue weighted by Crippen LogP contribution is 2.44. The Hall–Kier alpha value is -3.17. The van der Waals surface area contributed by atoms with Crippen LogP contribution >= 0.6 is 27.3 Å². The van der Waals surface area contributed by atoms with E-state index in [1.807, 2.05) is 0 Å². The lowest BCUT2D eigenvalue weighted by Crippen LogP contribution is -2.29. The van der Waals surface area contributed by atoms with Crippen molar-refractivity contribution in [1.29, 1.82) is 0 Å². The maximum absolute atomic E-state index is 13.1. The minimum absolute atomic E-state index is 0.0456. The third-order valence-electron chi connectivity index (χ3n) is 4.90. The Labute approximate surface area is 190 Å². The Morgan fingerprint density at radius 3 is 2.35 bits per heavy atom. The summed E-state index contributed by atoms with van der Waals surface area (Å²) in [5.41, 5.74) is 1.43. The molecule has 0 saturated carbocycles. The molecule has 0 aliphatic carbocycles. The summed E-state index contributed by atoms with van der Waals surface area (Å²) >= 11 is 4.43. The Balaban J connectivity index is 1.95. The van der Waals surface area contributed by atoms with Gasteiger partial charge in [0, 0.05) is 29.4 Å². The van der Waals surface area contributed by atoms with Crippen LogP contribution in [-0.2, 0) is 9.59 Å². The first-order valence-corrected chi connectivity index (χ1v) is 10.9. The number of benzene rings is 1. The number of thiazole rings is 1. The molecular weight excluding hydrogens is 482 g/mol. The van der Waals surface area contributed by atoms with Crippen molar-refractivity contribution in [2.24, 2.45) is 0 Å². The van der Waals surface area contributed by atoms with Crippen molar-refractivity contribution in [2.75, 3.05) is 4.90 Å². The molecule has 1 amide bonds. The van der Waals surface area contributed by atoms with Gasteiger partial charge in [-0.2, -0.15) is 0 Å². The molecule has 1 N–H and O–H groups in total. The van der Waals surface area contributed by atoms with Crippen molar-refractivity contribution in [3.05, 3.63) is 80.5 Å². The number of pyridine rings is 1. The molecule has 31 heavy (non-hydrogen) atoms. The molecule has 2 aromatic heterocycles. The number of hydrogen-bond donors (Lipinski definition) is 1. The van der Waals surface area contributed by atoms with Gasteiger partial charge >= 0.3 is 5.91 Å². The zero-order valence-electron chi connectivity index (χ0n) is 16.5. The summed E-state index contributed by atoms with van der Waals surface area (Å²) in [6.07, 6.45) is 2.98. The smallest absolute Gasteiger partial charge is 0.301 e. The highest BCUT2D eigenvalue weighted by atomic mass is 79.9. The van der Waals surface area contributed by atoms with Gasteiger partial charge in [-0.1, -0.05) is 39.4 Å². The summed E-state index contributed by atoms with van der Waals surface area (Å²) in [5, 5.41) is 11.2. The zero-order valence-corrected chi connectivity index (χ0v) is 18.9. The summed E-state index contributed by atoms with van der Waals surface area (Å²) in [5.74, 6) is -2.10. The number of Topliss-reactive ketones (excluding diaryl/α,β-unsaturated/α-hetero) is 2. The van der Waals surface area contributed by atoms with Gasteiger partial charge in [0.1, 0.15) is 5.76 Å². The number of aromatic nitrogens is 2. The van der Waals surface area contributed by atoms with E-state index in [4.69, 9.17) is 0 Å². The summed E-state index contributed by atoms with van der Waals surface area (Å²) in [4.78, 5) is 48.0. The van der Waals surface area contributed by atoms with E-state index >= 15 is 0 Å². The van der Waals surface area contributed by atoms with E-state index in [0.717, 1.165) is 15.8 Å². The maximum atomic E-state index is 13.1. The second kappa shape index (κ2) is 8.16. The second-order valence-corrected chi connectivity index (χ2v) is 8.82. The van der Waals surface area contributed by atoms with Crippen LogP contribution in [-0.4, -0.2) is 32.5 Å². The van der Waals surface area contributed by atoms with Crippen LogP contribution in [0.2, 0.25) is 0 Å². The topological polar surface area (TPSA) is 100 Å². The highest BCUT2D eigenvalue weighted by Gasteiger charge is 2.48. The Bertz CT molecular complexity index is 1240. The number of aliphatic hydroxyl groups is 1. The lowest BCUT2D eigenvalue weighted by atomic mass is 9.96. The molecule has 1 aliphatic heterocycles. The minimum Gasteiger partial charge on any atom is -0.507 e. The standard InChI is InChI=1S/C22H16BrN3O4S/c1-11-20(12(2)27)31-22(25-11)26-17(13-3-5-15(23)6-4-13)16(19(29)21(26)30)18(28)14-7-9-24-10-8-14/h3-10,17,28H,1-2H3. The van der Waals surface area contributed by atoms with Gasteiger partial charge in [-0.25, -0.2) is 4.98 Å². The van der Waals surface area contributed by atoms with Gasteiger partial charge < -0.3 is 5.11 Å². The third-order valence-corrected chi connectivity index (χ3v) is 6.68. The van der Waals surface area contributed by atoms with Crippen LogP contribution in [0.1, 0.15) is 39.5 Å². The van der Waals surface area contributed by atoms with Gasteiger partial charge in [-0.15, -0.1) is 0 Å². The number of aryl methyl sites for hydroxylation is 1. The normalized spacial score (nSPS) is 17.9. The fourth-order valence-corrected chi connectivity index (χ4v) is 4.72. The number of ketones is 2. The number of halogens is 1. The number of rotatable bonds is 4. The van der Waals surface area contributed by atoms with Gasteiger partial charge in [0.15, 0.2) is 10.9 Å². The van der Waals surface area contributed by atoms with Crippen molar-refractivity contribution in [3.8, 4) is 0 Å². The zero-order chi connectivity index (χ0) is 22.3. The van der Waals surface area contributed by atoms with Gasteiger partial charge in [0.25, 0.3) is 5.78 Å². The highest BCUT2D eigenvalue weighted by molar-refractivity contribution is 9.10. The maximum Gasteiger partial charge on any atom is 0.301 e. The molecule has 3 aromatic rings. The fourth-order valence-electron chi connectivity index (χ4n) is 3.47. The molecule has 1 aromatic carbocycles. The minimum atomic E-state index is -0.897. The molecule has 9 heteroatoms. The number of nitrogens with zero attached hydrogens (tertiary/aromatic N) is 3. The average molecular weight is 498 g/mol. The second-order valence-electron chi connectivity index (χ2n) is 6.92. The monoisotopic (exact) mass is 497 g/mol. The molecule has 0 radical (unpaired) electrons. The third kappa shape index (κ3) is 3.70. The molecular formula is C22H16BrN3O4S. The largest absolute Gasteiger partial charge is 0.507 e. The molecule has 1 atom stereocenters. The molecule has 3 heterocycles. The van der Waals surface area contributed by atoms with Gasteiger partial charge in [-0.3, -0.25) is 24.3 Å². The van der Waals surface area contributed by atoms with Crippen molar-refractivity contribution in [1.82, 2.24) is 9.97 Å². The molecule has 1 aliphatic rings. The lowest BCUT2D eigenvalue weighted by Gasteiger charge is -2.23. The van der Waals surface area contributed by atoms with E-state index in [-0.39, 0.29) is 22.2 Å². The van der Waals surface area contributed by atoms with Crippen molar-refractivity contribution in [2.45, 2.75) is 19.9 Å². The molecule has 7 nitrogen and oxygen atoms in total. The molecule has 156 valence electrons. The first-order valence-electron chi connectivity index (χ1n) is 9.24. The first kappa shape index (κ1) is 21.1. The van der Waals surface area contributed by atoms with E-state index in [0.29, 0.717) is 21.7 Å². The van der Waals surface area contributed by atoms with E-state index in [2.05, 4.69) is 25.9 Å². The molecule has 0 spiro atoms. The summed E-state index contributed by atoms with van der Waals surface area (Å²) in [6, 6.07) is 9.32. The van der Waals surface area contributed by atoms with Crippen LogP contribution in [0.15, 0.2) is 58.8 Å². The molecule has 1 unspecified atom stereocenters. The van der Waals surface area contributed by atoms with Crippen LogP contribution in [0.4, 0.5) is 5.13 Å². The van der Waals surface area contributed by atoms with Crippen LogP contribution in [0.3, 0.4) is 0 Å². The summed E-state index contributed by atoms with van der Waals surface area (Å²) in [6.45, 7) is 3.10. The number of carbonyl (C=O) groups is 3. The number of amides is 1. The molecule has 0 bridgehead atoms. The summed E-state index contributed by atoms with van der Waals surface area (Å²) in [7, 11) is 0. The van der Waals surface area contributed by atoms with Gasteiger partial charge in [0.05, 0.1) is 22.2 Å². The Kier molecular flexibility index (Phi) is 5.55. The van der Waals surface area contributed by atoms with Crippen LogP contribution in [0.25, 0.3) is 5.76 Å². The van der Waals surface area contributed by atoms with Crippen molar-refractivity contribution < 1.29 is 19.5 Å². The lowest BCUT2D eigenvalue weighted by molar-refractivity contribution is -0.132. The van der Waals surface area contributed by atoms with E-state index in [1.165, 1.54) is 24.2 Å². The van der Waals surface area contributed by atoms with E-state index in [1.54, 1.807) is 43.3 Å². The number of anilines is 1. The number of hydrogen-bond acceptors (Lipinski definition) is 7. The predicted molar refractivity (Wildman–Crippen MR) is 120 cm³/mol. The number of carbonyl (C=O) groups excluding carboxylic acids is 3. The SMILES string of the molecule is CC(=O)c1sc(N2C(=O)C(=O)C(=C(O)c3ccncc3)C2c2ccc(Br)cc2)nc1C. The van der Waals surface area contributed by atoms with Crippen LogP contribution < -0.4 is 4.90 Å². The molecule has 1 fully saturated rings. The van der Waals surface area contributed by atoms with Gasteiger partial charge in [-0.05, 0) is 36.8 Å².